The van der Waals surface area contributed by atoms with Crippen LogP contribution in [0.4, 0.5) is 4.39 Å². The van der Waals surface area contributed by atoms with Gasteiger partial charge in [0.05, 0.1) is 19.9 Å². The first-order chi connectivity index (χ1) is 8.81. The molecule has 3 nitrogen and oxygen atoms in total. The van der Waals surface area contributed by atoms with Gasteiger partial charge >= 0.3 is 0 Å². The molecule has 0 spiro atoms. The molecule has 0 aromatic heterocycles. The Morgan fingerprint density at radius 1 is 1.22 bits per heavy atom. The maximum Gasteiger partial charge on any atom is 0.127 e. The minimum absolute atomic E-state index is 0.354. The third kappa shape index (κ3) is 4.92. The minimum atomic E-state index is -0.354. The van der Waals surface area contributed by atoms with Crippen LogP contribution in [-0.2, 0) is 6.54 Å². The topological polar surface area (TPSA) is 30.5 Å². The highest BCUT2D eigenvalue weighted by atomic mass is 19.1. The van der Waals surface area contributed by atoms with Gasteiger partial charge in [0.1, 0.15) is 11.5 Å². The zero-order chi connectivity index (χ0) is 13.2. The van der Waals surface area contributed by atoms with Crippen molar-refractivity contribution in [2.24, 2.45) is 0 Å². The zero-order valence-corrected chi connectivity index (χ0v) is 11.2. The van der Waals surface area contributed by atoms with Crippen molar-refractivity contribution in [1.29, 1.82) is 0 Å². The van der Waals surface area contributed by atoms with E-state index in [1.165, 1.54) is 0 Å². The van der Waals surface area contributed by atoms with E-state index in [1.54, 1.807) is 0 Å². The highest BCUT2D eigenvalue weighted by molar-refractivity contribution is 5.40. The van der Waals surface area contributed by atoms with Gasteiger partial charge in [0, 0.05) is 24.6 Å². The Balaban J connectivity index is 2.71. The van der Waals surface area contributed by atoms with Gasteiger partial charge < -0.3 is 14.8 Å². The number of hydrogen-bond donors (Lipinski definition) is 1. The summed E-state index contributed by atoms with van der Waals surface area (Å²) >= 11 is 0. The summed E-state index contributed by atoms with van der Waals surface area (Å²) in [6.45, 7) is 3.51. The molecule has 1 aromatic rings. The molecule has 1 aromatic carbocycles. The number of halogens is 1. The third-order valence-electron chi connectivity index (χ3n) is 2.41. The molecule has 0 aliphatic heterocycles. The maximum absolute atomic E-state index is 12.1. The first-order valence-corrected chi connectivity index (χ1v) is 6.41. The van der Waals surface area contributed by atoms with Crippen LogP contribution in [0.15, 0.2) is 18.2 Å². The summed E-state index contributed by atoms with van der Waals surface area (Å²) in [6.07, 6.45) is 1.38. The van der Waals surface area contributed by atoms with Crippen molar-refractivity contribution in [2.75, 3.05) is 26.9 Å². The molecule has 102 valence electrons. The zero-order valence-electron chi connectivity index (χ0n) is 11.2. The van der Waals surface area contributed by atoms with Gasteiger partial charge in [-0.15, -0.1) is 0 Å². The van der Waals surface area contributed by atoms with Gasteiger partial charge in [-0.3, -0.25) is 4.39 Å². The molecule has 18 heavy (non-hydrogen) atoms. The summed E-state index contributed by atoms with van der Waals surface area (Å²) < 4.78 is 23.2. The standard InChI is InChI=1S/C14H22FNO2/c1-3-8-17-13-6-5-12(11-16-2)14(10-13)18-9-4-7-15/h5-6,10,16H,3-4,7-9,11H2,1-2H3. The fraction of sp³-hybridized carbons (Fsp3) is 0.571. The lowest BCUT2D eigenvalue weighted by Gasteiger charge is -2.13. The summed E-state index contributed by atoms with van der Waals surface area (Å²) in [5.41, 5.74) is 1.06. The fourth-order valence-electron chi connectivity index (χ4n) is 1.55. The number of benzene rings is 1. The maximum atomic E-state index is 12.1. The molecule has 0 unspecified atom stereocenters. The van der Waals surface area contributed by atoms with Crippen LogP contribution in [0.3, 0.4) is 0 Å². The van der Waals surface area contributed by atoms with Crippen molar-refractivity contribution in [1.82, 2.24) is 5.32 Å². The van der Waals surface area contributed by atoms with Crippen molar-refractivity contribution in [2.45, 2.75) is 26.3 Å². The highest BCUT2D eigenvalue weighted by Crippen LogP contribution is 2.25. The van der Waals surface area contributed by atoms with Crippen LogP contribution >= 0.6 is 0 Å². The predicted octanol–water partition coefficient (Wildman–Crippen LogP) is 2.93. The Labute approximate surface area is 108 Å². The molecule has 0 heterocycles. The van der Waals surface area contributed by atoms with Crippen LogP contribution in [0.2, 0.25) is 0 Å². The van der Waals surface area contributed by atoms with Crippen LogP contribution in [0.5, 0.6) is 11.5 Å². The molecule has 0 aliphatic carbocycles. The number of ether oxygens (including phenoxy) is 2. The third-order valence-corrected chi connectivity index (χ3v) is 2.41. The van der Waals surface area contributed by atoms with Crippen LogP contribution in [0, 0.1) is 0 Å². The number of hydrogen-bond acceptors (Lipinski definition) is 3. The first kappa shape index (κ1) is 14.8. The Hall–Kier alpha value is -1.29. The van der Waals surface area contributed by atoms with E-state index in [2.05, 4.69) is 12.2 Å². The fourth-order valence-corrected chi connectivity index (χ4v) is 1.55. The van der Waals surface area contributed by atoms with E-state index in [-0.39, 0.29) is 6.67 Å². The Morgan fingerprint density at radius 3 is 2.72 bits per heavy atom. The summed E-state index contributed by atoms with van der Waals surface area (Å²) in [6, 6.07) is 5.79. The van der Waals surface area contributed by atoms with E-state index in [9.17, 15) is 4.39 Å². The van der Waals surface area contributed by atoms with Crippen molar-refractivity contribution in [3.05, 3.63) is 23.8 Å². The van der Waals surface area contributed by atoms with E-state index in [0.29, 0.717) is 19.6 Å². The van der Waals surface area contributed by atoms with Gasteiger partial charge in [-0.2, -0.15) is 0 Å². The molecule has 0 bridgehead atoms. The van der Waals surface area contributed by atoms with Crippen molar-refractivity contribution >= 4 is 0 Å². The smallest absolute Gasteiger partial charge is 0.127 e. The second-order valence-corrected chi connectivity index (χ2v) is 4.04. The second-order valence-electron chi connectivity index (χ2n) is 4.04. The molecule has 0 radical (unpaired) electrons. The van der Waals surface area contributed by atoms with E-state index >= 15 is 0 Å². The average molecular weight is 255 g/mol. The van der Waals surface area contributed by atoms with E-state index < -0.39 is 0 Å². The van der Waals surface area contributed by atoms with Crippen molar-refractivity contribution in [3.63, 3.8) is 0 Å². The van der Waals surface area contributed by atoms with Crippen LogP contribution < -0.4 is 14.8 Å². The molecule has 0 saturated heterocycles. The molecular weight excluding hydrogens is 233 g/mol. The number of rotatable bonds is 9. The Morgan fingerprint density at radius 2 is 2.06 bits per heavy atom. The molecular formula is C14H22FNO2. The summed E-state index contributed by atoms with van der Waals surface area (Å²) in [7, 11) is 1.88. The monoisotopic (exact) mass is 255 g/mol. The summed E-state index contributed by atoms with van der Waals surface area (Å²) in [5.74, 6) is 1.57. The SMILES string of the molecule is CCCOc1ccc(CNC)c(OCCCF)c1. The van der Waals surface area contributed by atoms with Gasteiger partial charge in [0.2, 0.25) is 0 Å². The molecule has 0 fully saturated rings. The molecule has 1 N–H and O–H groups in total. The lowest BCUT2D eigenvalue weighted by Crippen LogP contribution is -2.09. The second kappa shape index (κ2) is 8.75. The van der Waals surface area contributed by atoms with Gasteiger partial charge in [0.15, 0.2) is 0 Å². The lowest BCUT2D eigenvalue weighted by molar-refractivity contribution is 0.281. The van der Waals surface area contributed by atoms with Crippen LogP contribution in [-0.4, -0.2) is 26.9 Å². The predicted molar refractivity (Wildman–Crippen MR) is 71.1 cm³/mol. The summed E-state index contributed by atoms with van der Waals surface area (Å²) in [5, 5.41) is 3.08. The van der Waals surface area contributed by atoms with E-state index in [4.69, 9.17) is 9.47 Å². The lowest BCUT2D eigenvalue weighted by atomic mass is 10.2. The molecule has 0 amide bonds. The average Bonchev–Trinajstić information content (AvgIpc) is 2.39. The highest BCUT2D eigenvalue weighted by Gasteiger charge is 2.05. The molecule has 0 saturated carbocycles. The minimum Gasteiger partial charge on any atom is -0.493 e. The molecule has 1 rings (SSSR count). The molecule has 0 aliphatic rings. The summed E-state index contributed by atoms with van der Waals surface area (Å²) in [4.78, 5) is 0. The Bertz CT molecular complexity index is 345. The van der Waals surface area contributed by atoms with Crippen LogP contribution in [0.25, 0.3) is 0 Å². The quantitative estimate of drug-likeness (QED) is 0.688. The largest absolute Gasteiger partial charge is 0.493 e. The van der Waals surface area contributed by atoms with E-state index in [0.717, 1.165) is 30.0 Å². The molecule has 0 atom stereocenters. The van der Waals surface area contributed by atoms with E-state index in [1.807, 2.05) is 25.2 Å². The Kier molecular flexibility index (Phi) is 7.18. The number of nitrogens with one attached hydrogen (secondary N) is 1. The van der Waals surface area contributed by atoms with Crippen LogP contribution in [0.1, 0.15) is 25.3 Å². The van der Waals surface area contributed by atoms with Gasteiger partial charge in [-0.05, 0) is 19.5 Å². The van der Waals surface area contributed by atoms with Crippen molar-refractivity contribution < 1.29 is 13.9 Å². The normalized spacial score (nSPS) is 10.4. The number of alkyl halides is 1. The first-order valence-electron chi connectivity index (χ1n) is 6.41. The van der Waals surface area contributed by atoms with Crippen molar-refractivity contribution in [3.8, 4) is 11.5 Å². The van der Waals surface area contributed by atoms with Gasteiger partial charge in [0.25, 0.3) is 0 Å². The molecule has 4 heteroatoms. The van der Waals surface area contributed by atoms with Gasteiger partial charge in [-0.25, -0.2) is 0 Å². The van der Waals surface area contributed by atoms with Gasteiger partial charge in [-0.1, -0.05) is 13.0 Å².